The van der Waals surface area contributed by atoms with Crippen molar-refractivity contribution in [2.24, 2.45) is 0 Å². The number of nitrogens with one attached hydrogen (secondary N) is 2. The molecule has 110 valence electrons. The summed E-state index contributed by atoms with van der Waals surface area (Å²) in [4.78, 5) is 12.2. The number of hydrogen-bond donors (Lipinski definition) is 3. The second-order valence-electron chi connectivity index (χ2n) is 5.24. The first-order valence-corrected chi connectivity index (χ1v) is 7.07. The quantitative estimate of drug-likeness (QED) is 0.597. The van der Waals surface area contributed by atoms with Crippen LogP contribution in [0.25, 0.3) is 10.8 Å². The van der Waals surface area contributed by atoms with E-state index >= 15 is 0 Å². The molecule has 2 aromatic rings. The molecule has 5 nitrogen and oxygen atoms in total. The van der Waals surface area contributed by atoms with E-state index in [0.29, 0.717) is 17.1 Å². The first-order chi connectivity index (χ1) is 10.7. The Morgan fingerprint density at radius 2 is 1.95 bits per heavy atom. The normalized spacial score (nSPS) is 14.4. The van der Waals surface area contributed by atoms with Crippen molar-refractivity contribution in [3.63, 3.8) is 0 Å². The molecule has 1 aliphatic rings. The Morgan fingerprint density at radius 3 is 2.68 bits per heavy atom. The number of anilines is 1. The first-order valence-electron chi connectivity index (χ1n) is 7.07. The molecule has 0 atom stereocenters. The van der Waals surface area contributed by atoms with Crippen molar-refractivity contribution in [3.05, 3.63) is 48.2 Å². The van der Waals surface area contributed by atoms with Crippen LogP contribution < -0.4 is 10.6 Å². The van der Waals surface area contributed by atoms with Gasteiger partial charge in [-0.15, -0.1) is 0 Å². The van der Waals surface area contributed by atoms with E-state index in [-0.39, 0.29) is 11.3 Å². The fourth-order valence-corrected chi connectivity index (χ4v) is 2.19. The molecular weight excluding hydrogens is 278 g/mol. The number of fused-ring (bicyclic) bond motifs is 1. The van der Waals surface area contributed by atoms with Crippen molar-refractivity contribution in [1.29, 1.82) is 5.26 Å². The number of benzene rings is 2. The highest BCUT2D eigenvalue weighted by molar-refractivity contribution is 6.11. The number of nitrogens with zero attached hydrogens (tertiary/aromatic N) is 1. The highest BCUT2D eigenvalue weighted by Gasteiger charge is 2.20. The molecule has 0 heterocycles. The third kappa shape index (κ3) is 2.86. The van der Waals surface area contributed by atoms with Crippen LogP contribution in [0, 0.1) is 11.3 Å². The molecule has 0 unspecified atom stereocenters. The Morgan fingerprint density at radius 1 is 1.23 bits per heavy atom. The van der Waals surface area contributed by atoms with Gasteiger partial charge in [-0.1, -0.05) is 24.3 Å². The van der Waals surface area contributed by atoms with Crippen LogP contribution in [-0.2, 0) is 4.79 Å². The fourth-order valence-electron chi connectivity index (χ4n) is 2.19. The second kappa shape index (κ2) is 5.78. The van der Waals surface area contributed by atoms with Crippen molar-refractivity contribution in [1.82, 2.24) is 5.32 Å². The predicted molar refractivity (Wildman–Crippen MR) is 84.1 cm³/mol. The molecule has 1 aliphatic carbocycles. The van der Waals surface area contributed by atoms with Gasteiger partial charge in [0.25, 0.3) is 5.91 Å². The van der Waals surface area contributed by atoms with Crippen molar-refractivity contribution in [2.45, 2.75) is 18.9 Å². The van der Waals surface area contributed by atoms with Crippen LogP contribution in [0.15, 0.2) is 48.2 Å². The topological polar surface area (TPSA) is 85.2 Å². The van der Waals surface area contributed by atoms with Gasteiger partial charge in [0, 0.05) is 28.7 Å². The van der Waals surface area contributed by atoms with Crippen LogP contribution in [0.1, 0.15) is 12.8 Å². The maximum absolute atomic E-state index is 12.2. The van der Waals surface area contributed by atoms with Gasteiger partial charge in [0.05, 0.1) is 0 Å². The van der Waals surface area contributed by atoms with Crippen molar-refractivity contribution < 1.29 is 9.90 Å². The number of rotatable bonds is 4. The summed E-state index contributed by atoms with van der Waals surface area (Å²) >= 11 is 0. The molecule has 5 heteroatoms. The zero-order chi connectivity index (χ0) is 15.5. The monoisotopic (exact) mass is 293 g/mol. The SMILES string of the molecule is N#C/C(=C/NC1CC1)C(=O)Nc1cccc2c(O)cccc12. The summed E-state index contributed by atoms with van der Waals surface area (Å²) in [6.07, 6.45) is 3.61. The molecule has 3 N–H and O–H groups in total. The largest absolute Gasteiger partial charge is 0.507 e. The highest BCUT2D eigenvalue weighted by Crippen LogP contribution is 2.30. The molecule has 1 saturated carbocycles. The molecule has 0 aromatic heterocycles. The van der Waals surface area contributed by atoms with E-state index in [1.807, 2.05) is 12.1 Å². The maximum Gasteiger partial charge on any atom is 0.267 e. The molecule has 0 spiro atoms. The predicted octanol–water partition coefficient (Wildman–Crippen LogP) is 2.64. The van der Waals surface area contributed by atoms with Crippen LogP contribution in [0.3, 0.4) is 0 Å². The number of phenolic OH excluding ortho intramolecular Hbond substituents is 1. The van der Waals surface area contributed by atoms with Gasteiger partial charge in [0.2, 0.25) is 0 Å². The molecular formula is C17H15N3O2. The van der Waals surface area contributed by atoms with E-state index in [4.69, 9.17) is 5.26 Å². The second-order valence-corrected chi connectivity index (χ2v) is 5.24. The van der Waals surface area contributed by atoms with Gasteiger partial charge in [-0.05, 0) is 25.0 Å². The van der Waals surface area contributed by atoms with E-state index < -0.39 is 5.91 Å². The fraction of sp³-hybridized carbons (Fsp3) is 0.176. The number of phenols is 1. The molecule has 22 heavy (non-hydrogen) atoms. The number of carbonyl (C=O) groups excluding carboxylic acids is 1. The van der Waals surface area contributed by atoms with Gasteiger partial charge in [-0.2, -0.15) is 5.26 Å². The van der Waals surface area contributed by atoms with Crippen LogP contribution in [0.5, 0.6) is 5.75 Å². The number of nitriles is 1. The Hall–Kier alpha value is -3.00. The Kier molecular flexibility index (Phi) is 3.67. The van der Waals surface area contributed by atoms with Gasteiger partial charge in [0.1, 0.15) is 17.4 Å². The van der Waals surface area contributed by atoms with E-state index in [1.54, 1.807) is 30.3 Å². The summed E-state index contributed by atoms with van der Waals surface area (Å²) in [6.45, 7) is 0. The number of carbonyl (C=O) groups is 1. The van der Waals surface area contributed by atoms with Crippen molar-refractivity contribution in [3.8, 4) is 11.8 Å². The molecule has 0 radical (unpaired) electrons. The summed E-state index contributed by atoms with van der Waals surface area (Å²) in [7, 11) is 0. The smallest absolute Gasteiger partial charge is 0.267 e. The molecule has 2 aromatic carbocycles. The lowest BCUT2D eigenvalue weighted by molar-refractivity contribution is -0.112. The minimum Gasteiger partial charge on any atom is -0.507 e. The van der Waals surface area contributed by atoms with Gasteiger partial charge >= 0.3 is 0 Å². The zero-order valence-corrected chi connectivity index (χ0v) is 11.8. The highest BCUT2D eigenvalue weighted by atomic mass is 16.3. The summed E-state index contributed by atoms with van der Waals surface area (Å²) < 4.78 is 0. The van der Waals surface area contributed by atoms with Crippen LogP contribution in [0.2, 0.25) is 0 Å². The lowest BCUT2D eigenvalue weighted by Gasteiger charge is -2.09. The third-order valence-corrected chi connectivity index (χ3v) is 3.55. The third-order valence-electron chi connectivity index (χ3n) is 3.55. The first kappa shape index (κ1) is 14.0. The average molecular weight is 293 g/mol. The minimum absolute atomic E-state index is 0.0315. The van der Waals surface area contributed by atoms with Crippen LogP contribution in [0.4, 0.5) is 5.69 Å². The van der Waals surface area contributed by atoms with Crippen molar-refractivity contribution in [2.75, 3.05) is 5.32 Å². The lowest BCUT2D eigenvalue weighted by atomic mass is 10.1. The Labute approximate surface area is 127 Å². The number of hydrogen-bond acceptors (Lipinski definition) is 4. The maximum atomic E-state index is 12.2. The van der Waals surface area contributed by atoms with E-state index in [2.05, 4.69) is 10.6 Å². The summed E-state index contributed by atoms with van der Waals surface area (Å²) in [5.74, 6) is -0.313. The minimum atomic E-state index is -0.466. The molecule has 1 fully saturated rings. The summed E-state index contributed by atoms with van der Waals surface area (Å²) in [5, 5.41) is 26.1. The van der Waals surface area contributed by atoms with Gasteiger partial charge in [-0.25, -0.2) is 0 Å². The van der Waals surface area contributed by atoms with E-state index in [0.717, 1.165) is 18.2 Å². The zero-order valence-electron chi connectivity index (χ0n) is 11.8. The standard InChI is InChI=1S/C17H15N3O2/c18-9-11(10-19-12-7-8-12)17(22)20-15-5-1-4-14-13(15)3-2-6-16(14)21/h1-6,10,12,19,21H,7-8H2,(H,20,22)/b11-10-. The van der Waals surface area contributed by atoms with Crippen LogP contribution in [-0.4, -0.2) is 17.1 Å². The van der Waals surface area contributed by atoms with Crippen molar-refractivity contribution >= 4 is 22.4 Å². The Bertz CT molecular complexity index is 801. The summed E-state index contributed by atoms with van der Waals surface area (Å²) in [6, 6.07) is 12.7. The van der Waals surface area contributed by atoms with Gasteiger partial charge in [0.15, 0.2) is 0 Å². The van der Waals surface area contributed by atoms with Gasteiger partial charge < -0.3 is 15.7 Å². The van der Waals surface area contributed by atoms with E-state index in [1.165, 1.54) is 6.20 Å². The Balaban J connectivity index is 1.86. The lowest BCUT2D eigenvalue weighted by Crippen LogP contribution is -2.17. The molecule has 0 saturated heterocycles. The van der Waals surface area contributed by atoms with Gasteiger partial charge in [-0.3, -0.25) is 4.79 Å². The molecule has 0 aliphatic heterocycles. The average Bonchev–Trinajstić information content (AvgIpc) is 3.33. The molecule has 3 rings (SSSR count). The summed E-state index contributed by atoms with van der Waals surface area (Å²) in [5.41, 5.74) is 0.593. The molecule has 0 bridgehead atoms. The van der Waals surface area contributed by atoms with Crippen LogP contribution >= 0.6 is 0 Å². The van der Waals surface area contributed by atoms with E-state index in [9.17, 15) is 9.90 Å². The number of amides is 1. The number of aromatic hydroxyl groups is 1. The molecule has 1 amide bonds.